The number of carbonyl (C=O) groups is 3. The third-order valence-electron chi connectivity index (χ3n) is 6.76. The number of phenols is 1. The van der Waals surface area contributed by atoms with Gasteiger partial charge in [-0.05, 0) is 112 Å². The Labute approximate surface area is 432 Å². The number of amides is 2. The van der Waals surface area contributed by atoms with Gasteiger partial charge < -0.3 is 42.3 Å². The summed E-state index contributed by atoms with van der Waals surface area (Å²) in [5.41, 5.74) is 1.08. The number of ether oxygens (including phenoxy) is 1. The molecular weight excluding hydrogens is 876 g/mol. The van der Waals surface area contributed by atoms with E-state index in [4.69, 9.17) is 49.9 Å². The van der Waals surface area contributed by atoms with Crippen molar-refractivity contribution in [1.29, 1.82) is 5.26 Å². The summed E-state index contributed by atoms with van der Waals surface area (Å²) in [6.07, 6.45) is 0. The second-order valence-corrected chi connectivity index (χ2v) is 12.4. The molecule has 0 heterocycles. The smallest absolute Gasteiger partial charge is 1.00 e. The quantitative estimate of drug-likeness (QED) is 0.0403. The second kappa shape index (κ2) is 30.3. The Kier molecular flexibility index (Phi) is 31.2. The molecule has 18 heteroatoms. The van der Waals surface area contributed by atoms with Crippen molar-refractivity contribution in [3.63, 3.8) is 0 Å². The van der Waals surface area contributed by atoms with Crippen molar-refractivity contribution in [3.8, 4) is 17.6 Å². The van der Waals surface area contributed by atoms with Gasteiger partial charge in [-0.2, -0.15) is 5.26 Å². The van der Waals surface area contributed by atoms with Crippen molar-refractivity contribution in [3.05, 3.63) is 129 Å². The SMILES string of the molecule is C.N#Cc1ccc(O)cc1.O=CO[O-].[C-]#[N+]c1ccc(NC(=O)[C@@](C)(O)CBr)cc1C.[C-]#[N+]c1ccc(NC(=O)[C@@](C)(O)COc2ccc(Cl)cc2)cc1C.[H-].[K+].[K+]. The van der Waals surface area contributed by atoms with Gasteiger partial charge in [-0.15, -0.1) is 0 Å². The van der Waals surface area contributed by atoms with E-state index in [0.29, 0.717) is 39.1 Å². The number of carbonyl (C=O) groups excluding carboxylic acids is 3. The predicted octanol–water partition coefficient (Wildman–Crippen LogP) is 1.05. The largest absolute Gasteiger partial charge is 1.00 e. The minimum atomic E-state index is -1.72. The zero-order valence-corrected chi connectivity index (χ0v) is 40.1. The third-order valence-corrected chi connectivity index (χ3v) is 8.10. The molecule has 14 nitrogen and oxygen atoms in total. The van der Waals surface area contributed by atoms with Crippen LogP contribution in [-0.4, -0.2) is 56.7 Å². The zero-order chi connectivity index (χ0) is 40.9. The van der Waals surface area contributed by atoms with Gasteiger partial charge in [0.1, 0.15) is 23.7 Å². The fourth-order valence-electron chi connectivity index (χ4n) is 3.67. The van der Waals surface area contributed by atoms with Gasteiger partial charge in [-0.1, -0.05) is 47.1 Å². The molecule has 0 bridgehead atoms. The molecule has 4 aromatic carbocycles. The number of alkyl halides is 1. The summed E-state index contributed by atoms with van der Waals surface area (Å²) in [5, 5.41) is 51.5. The van der Waals surface area contributed by atoms with Gasteiger partial charge >= 0.3 is 103 Å². The summed E-state index contributed by atoms with van der Waals surface area (Å²) < 4.78 is 5.44. The van der Waals surface area contributed by atoms with Gasteiger partial charge in [0.05, 0.1) is 24.8 Å². The van der Waals surface area contributed by atoms with Crippen LogP contribution in [-0.2, 0) is 19.3 Å². The van der Waals surface area contributed by atoms with E-state index in [-0.39, 0.29) is 136 Å². The van der Waals surface area contributed by atoms with Crippen molar-refractivity contribution in [2.45, 2.75) is 46.3 Å². The molecule has 0 fully saturated rings. The molecule has 0 aliphatic rings. The summed E-state index contributed by atoms with van der Waals surface area (Å²) >= 11 is 8.86. The average molecular weight is 917 g/mol. The van der Waals surface area contributed by atoms with Gasteiger partial charge in [0.15, 0.2) is 17.0 Å². The number of benzene rings is 4. The van der Waals surface area contributed by atoms with E-state index in [1.54, 1.807) is 86.6 Å². The standard InChI is InChI=1S/C18H17ClN2O3.C12H13BrN2O2.C7H5NO.CH2O3.CH4.2K.H/c1-12-10-14(6-9-16(12)20-3)21-17(22)18(2,23)11-24-15-7-4-13(19)5-8-15;1-8-6-9(4-5-10(8)14-3)15-11(16)12(2,17)7-13;8-5-6-1-3-7(9)4-2-6;2-1-4-3;;;;/h4-10,23H,11H2,1-2H3,(H,21,22);4-6,17H,7H2,1-2H3,(H,15,16);1-4,9H;1,3H;1H4;;;/q;;;;;2*+1;-1/p-1/t18-;12-;;;;;;/m00....../s1. The van der Waals surface area contributed by atoms with Gasteiger partial charge in [-0.25, -0.2) is 9.69 Å². The van der Waals surface area contributed by atoms with E-state index >= 15 is 0 Å². The molecule has 0 aliphatic heterocycles. The Morgan fingerprint density at radius 3 is 1.67 bits per heavy atom. The number of hydrogen-bond donors (Lipinski definition) is 5. The Hall–Kier alpha value is -2.72. The molecule has 4 rings (SSSR count). The molecule has 0 spiro atoms. The van der Waals surface area contributed by atoms with Crippen LogP contribution >= 0.6 is 27.5 Å². The summed E-state index contributed by atoms with van der Waals surface area (Å²) in [6, 6.07) is 24.6. The average Bonchev–Trinajstić information content (AvgIpc) is 3.15. The molecule has 4 aromatic rings. The molecule has 57 heavy (non-hydrogen) atoms. The molecule has 292 valence electrons. The molecule has 0 aromatic heterocycles. The van der Waals surface area contributed by atoms with Crippen LogP contribution in [0.1, 0.15) is 39.4 Å². The summed E-state index contributed by atoms with van der Waals surface area (Å²) in [5.74, 6) is -0.380. The molecule has 0 saturated heterocycles. The predicted molar refractivity (Wildman–Crippen MR) is 212 cm³/mol. The molecule has 2 amide bonds. The number of aryl methyl sites for hydroxylation is 2. The van der Waals surface area contributed by atoms with Crippen molar-refractivity contribution in [2.75, 3.05) is 22.6 Å². The van der Waals surface area contributed by atoms with Crippen LogP contribution in [0.2, 0.25) is 5.02 Å². The van der Waals surface area contributed by atoms with E-state index in [1.807, 2.05) is 6.07 Å². The molecule has 0 radical (unpaired) electrons. The van der Waals surface area contributed by atoms with E-state index in [1.165, 1.54) is 26.0 Å². The molecule has 2 atom stereocenters. The number of anilines is 2. The van der Waals surface area contributed by atoms with Crippen LogP contribution in [0.5, 0.6) is 11.5 Å². The summed E-state index contributed by atoms with van der Waals surface area (Å²) in [4.78, 5) is 41.9. The molecule has 0 saturated carbocycles. The van der Waals surface area contributed by atoms with Crippen molar-refractivity contribution in [1.82, 2.24) is 0 Å². The van der Waals surface area contributed by atoms with Gasteiger partial charge in [0.2, 0.25) is 0 Å². The molecular formula is C39H41BrClK2N5O9. The Balaban J connectivity index is -0.000000375. The maximum absolute atomic E-state index is 12.3. The maximum atomic E-state index is 12.3. The number of phenolic OH excluding ortho intramolecular Hbond substituents is 1. The first-order valence-electron chi connectivity index (χ1n) is 15.4. The number of hydrogen-bond acceptors (Lipinski definition) is 10. The van der Waals surface area contributed by atoms with Crippen LogP contribution in [0.15, 0.2) is 84.9 Å². The van der Waals surface area contributed by atoms with Crippen LogP contribution < -0.4 is 123 Å². The topological polar surface area (TPSA) is 210 Å². The van der Waals surface area contributed by atoms with E-state index < -0.39 is 23.0 Å². The number of rotatable bonds is 9. The fraction of sp³-hybridized carbons (Fsp3) is 0.231. The zero-order valence-electron chi connectivity index (χ0n) is 32.5. The first-order valence-corrected chi connectivity index (χ1v) is 16.9. The maximum Gasteiger partial charge on any atom is 1.00 e. The number of halogens is 2. The summed E-state index contributed by atoms with van der Waals surface area (Å²) in [6.45, 7) is 19.9. The minimum absolute atomic E-state index is 0. The van der Waals surface area contributed by atoms with Crippen LogP contribution in [0.25, 0.3) is 9.69 Å². The minimum Gasteiger partial charge on any atom is -1.00 e. The number of aliphatic hydroxyl groups is 2. The first-order chi connectivity index (χ1) is 25.5. The monoisotopic (exact) mass is 915 g/mol. The van der Waals surface area contributed by atoms with Crippen LogP contribution in [0.3, 0.4) is 0 Å². The van der Waals surface area contributed by atoms with E-state index in [0.717, 1.165) is 11.1 Å². The van der Waals surface area contributed by atoms with Gasteiger partial charge in [0, 0.05) is 21.7 Å². The Morgan fingerprint density at radius 2 is 1.32 bits per heavy atom. The van der Waals surface area contributed by atoms with Crippen molar-refractivity contribution in [2.24, 2.45) is 0 Å². The number of nitrogens with one attached hydrogen (secondary N) is 2. The van der Waals surface area contributed by atoms with Crippen LogP contribution in [0, 0.1) is 38.3 Å². The number of aromatic hydroxyl groups is 1. The molecule has 0 aliphatic carbocycles. The number of nitriles is 1. The molecule has 5 N–H and O–H groups in total. The van der Waals surface area contributed by atoms with Gasteiger partial charge in [-0.3, -0.25) is 14.4 Å². The summed E-state index contributed by atoms with van der Waals surface area (Å²) in [7, 11) is 0. The fourth-order valence-corrected chi connectivity index (χ4v) is 4.05. The van der Waals surface area contributed by atoms with Crippen molar-refractivity contribution >= 4 is 68.6 Å². The van der Waals surface area contributed by atoms with E-state index in [9.17, 15) is 19.8 Å². The first kappa shape index (κ1) is 58.6. The van der Waals surface area contributed by atoms with E-state index in [2.05, 4.69) is 41.1 Å². The van der Waals surface area contributed by atoms with Crippen LogP contribution in [0.4, 0.5) is 22.7 Å². The Morgan fingerprint density at radius 1 is 0.895 bits per heavy atom. The van der Waals surface area contributed by atoms with Gasteiger partial charge in [0.25, 0.3) is 18.3 Å². The third kappa shape index (κ3) is 22.3. The Bertz CT molecular complexity index is 2010. The van der Waals surface area contributed by atoms with Crippen molar-refractivity contribution < 1.29 is 149 Å². The number of nitrogens with zero attached hydrogens (tertiary/aromatic N) is 3. The molecule has 0 unspecified atom stereocenters. The second-order valence-electron chi connectivity index (χ2n) is 11.4. The normalized spacial score (nSPS) is 11.1.